The Balaban J connectivity index is 3.53. The van der Waals surface area contributed by atoms with Crippen LogP contribution < -0.4 is 0 Å². The second-order valence-electron chi connectivity index (χ2n) is 1.97. The van der Waals surface area contributed by atoms with Gasteiger partial charge in [0.1, 0.15) is 6.29 Å². The van der Waals surface area contributed by atoms with Crippen molar-refractivity contribution in [1.82, 2.24) is 0 Å². The minimum Gasteiger partial charge on any atom is -0.302 e. The lowest BCUT2D eigenvalue weighted by molar-refractivity contribution is -0.109. The van der Waals surface area contributed by atoms with E-state index in [9.17, 15) is 4.79 Å². The molecule has 0 atom stereocenters. The Morgan fingerprint density at radius 2 is 2.00 bits per heavy atom. The summed E-state index contributed by atoms with van der Waals surface area (Å²) < 4.78 is -0.209. The van der Waals surface area contributed by atoms with Gasteiger partial charge in [0.05, 0.1) is 4.75 Å². The molecule has 0 radical (unpaired) electrons. The summed E-state index contributed by atoms with van der Waals surface area (Å²) in [5.74, 6) is 0. The molecule has 0 saturated heterocycles. The Bertz CT molecular complexity index is 80.5. The third-order valence-electron chi connectivity index (χ3n) is 0.582. The van der Waals surface area contributed by atoms with E-state index in [-0.39, 0.29) is 4.75 Å². The van der Waals surface area contributed by atoms with Gasteiger partial charge in [-0.25, -0.2) is 0 Å². The first-order chi connectivity index (χ1) is 3.62. The van der Waals surface area contributed by atoms with E-state index in [1.54, 1.807) is 21.6 Å². The molecule has 0 spiro atoms. The summed E-state index contributed by atoms with van der Waals surface area (Å²) in [6.45, 7) is 3.81. The standard InChI is InChI=1S/C5H10OS2/c1-5(2,4-6)8-7-3/h4H,1-3H3. The average Bonchev–Trinajstić information content (AvgIpc) is 1.67. The summed E-state index contributed by atoms with van der Waals surface area (Å²) in [7, 11) is 3.20. The van der Waals surface area contributed by atoms with Gasteiger partial charge in [0.15, 0.2) is 0 Å². The van der Waals surface area contributed by atoms with Crippen molar-refractivity contribution in [1.29, 1.82) is 0 Å². The van der Waals surface area contributed by atoms with Crippen LogP contribution >= 0.6 is 21.6 Å². The lowest BCUT2D eigenvalue weighted by Crippen LogP contribution is -2.13. The molecule has 0 unspecified atom stereocenters. The monoisotopic (exact) mass is 150 g/mol. The Morgan fingerprint density at radius 3 is 2.12 bits per heavy atom. The third kappa shape index (κ3) is 3.38. The van der Waals surface area contributed by atoms with E-state index in [4.69, 9.17) is 0 Å². The van der Waals surface area contributed by atoms with Crippen LogP contribution in [0, 0.1) is 0 Å². The first-order valence-electron chi connectivity index (χ1n) is 2.30. The van der Waals surface area contributed by atoms with Gasteiger partial charge in [0.25, 0.3) is 0 Å². The minimum absolute atomic E-state index is 0.209. The van der Waals surface area contributed by atoms with Crippen molar-refractivity contribution in [2.24, 2.45) is 0 Å². The van der Waals surface area contributed by atoms with E-state index < -0.39 is 0 Å². The quantitative estimate of drug-likeness (QED) is 0.452. The van der Waals surface area contributed by atoms with Crippen molar-refractivity contribution in [3.05, 3.63) is 0 Å². The maximum Gasteiger partial charge on any atom is 0.136 e. The number of carbonyl (C=O) groups excluding carboxylic acids is 1. The number of hydrogen-bond donors (Lipinski definition) is 0. The number of rotatable bonds is 3. The molecule has 0 heterocycles. The van der Waals surface area contributed by atoms with Crippen molar-refractivity contribution >= 4 is 27.9 Å². The molecular weight excluding hydrogens is 140 g/mol. The topological polar surface area (TPSA) is 17.1 Å². The maximum atomic E-state index is 10.2. The van der Waals surface area contributed by atoms with Crippen molar-refractivity contribution in [2.45, 2.75) is 18.6 Å². The Morgan fingerprint density at radius 1 is 1.50 bits per heavy atom. The van der Waals surface area contributed by atoms with E-state index >= 15 is 0 Å². The van der Waals surface area contributed by atoms with Crippen molar-refractivity contribution < 1.29 is 4.79 Å². The van der Waals surface area contributed by atoms with Crippen LogP contribution in [0.1, 0.15) is 13.8 Å². The van der Waals surface area contributed by atoms with Crippen molar-refractivity contribution in [3.8, 4) is 0 Å². The molecule has 0 aromatic rings. The van der Waals surface area contributed by atoms with Crippen molar-refractivity contribution in [3.63, 3.8) is 0 Å². The molecule has 0 saturated carbocycles. The fourth-order valence-electron chi connectivity index (χ4n) is 0.234. The molecule has 0 aliphatic rings. The van der Waals surface area contributed by atoms with Crippen LogP contribution in [-0.2, 0) is 4.79 Å². The average molecular weight is 150 g/mol. The summed E-state index contributed by atoms with van der Waals surface area (Å²) in [5, 5.41) is 0. The summed E-state index contributed by atoms with van der Waals surface area (Å²) in [6.07, 6.45) is 2.93. The van der Waals surface area contributed by atoms with Crippen LogP contribution in [0.15, 0.2) is 0 Å². The predicted molar refractivity (Wildman–Crippen MR) is 41.2 cm³/mol. The molecule has 0 fully saturated rings. The zero-order chi connectivity index (χ0) is 6.62. The molecule has 8 heavy (non-hydrogen) atoms. The second-order valence-corrected chi connectivity index (χ2v) is 5.02. The number of carbonyl (C=O) groups is 1. The molecule has 0 bridgehead atoms. The molecule has 0 amide bonds. The largest absolute Gasteiger partial charge is 0.302 e. The zero-order valence-corrected chi connectivity index (χ0v) is 6.94. The molecule has 0 rings (SSSR count). The van der Waals surface area contributed by atoms with Crippen LogP contribution in [0.25, 0.3) is 0 Å². The van der Waals surface area contributed by atoms with Gasteiger partial charge in [-0.3, -0.25) is 0 Å². The highest BCUT2D eigenvalue weighted by molar-refractivity contribution is 8.77. The minimum atomic E-state index is -0.209. The van der Waals surface area contributed by atoms with Gasteiger partial charge in [-0.05, 0) is 20.1 Å². The van der Waals surface area contributed by atoms with Crippen LogP contribution in [0.5, 0.6) is 0 Å². The molecule has 1 nitrogen and oxygen atoms in total. The summed E-state index contributed by atoms with van der Waals surface area (Å²) in [5.41, 5.74) is 0. The lowest BCUT2D eigenvalue weighted by atomic mass is 10.2. The predicted octanol–water partition coefficient (Wildman–Crippen LogP) is 1.98. The van der Waals surface area contributed by atoms with Crippen LogP contribution in [0.2, 0.25) is 0 Å². The summed E-state index contributed by atoms with van der Waals surface area (Å²) in [4.78, 5) is 10.2. The first-order valence-corrected chi connectivity index (χ1v) is 4.86. The molecule has 0 aliphatic heterocycles. The van der Waals surface area contributed by atoms with Crippen LogP contribution in [0.3, 0.4) is 0 Å². The van der Waals surface area contributed by atoms with Crippen molar-refractivity contribution in [2.75, 3.05) is 6.26 Å². The Labute approximate surface area is 58.0 Å². The second kappa shape index (κ2) is 3.41. The summed E-state index contributed by atoms with van der Waals surface area (Å²) >= 11 is 0. The highest BCUT2D eigenvalue weighted by Crippen LogP contribution is 2.31. The van der Waals surface area contributed by atoms with Gasteiger partial charge < -0.3 is 4.79 Å². The highest BCUT2D eigenvalue weighted by Gasteiger charge is 2.15. The van der Waals surface area contributed by atoms with E-state index in [2.05, 4.69) is 0 Å². The fraction of sp³-hybridized carbons (Fsp3) is 0.800. The van der Waals surface area contributed by atoms with Gasteiger partial charge in [-0.15, -0.1) is 0 Å². The molecule has 0 aromatic heterocycles. The molecular formula is C5H10OS2. The van der Waals surface area contributed by atoms with E-state index in [1.165, 1.54) is 0 Å². The Kier molecular flexibility index (Phi) is 3.56. The molecule has 0 N–H and O–H groups in total. The first kappa shape index (κ1) is 8.37. The van der Waals surface area contributed by atoms with Gasteiger partial charge in [0.2, 0.25) is 0 Å². The molecule has 0 aromatic carbocycles. The van der Waals surface area contributed by atoms with Crippen LogP contribution in [-0.4, -0.2) is 17.3 Å². The Hall–Kier alpha value is 0.370. The smallest absolute Gasteiger partial charge is 0.136 e. The summed E-state index contributed by atoms with van der Waals surface area (Å²) in [6, 6.07) is 0. The molecule has 48 valence electrons. The highest BCUT2D eigenvalue weighted by atomic mass is 33.1. The molecule has 0 aliphatic carbocycles. The number of aldehydes is 1. The van der Waals surface area contributed by atoms with E-state index in [1.807, 2.05) is 20.1 Å². The SMILES string of the molecule is CSSC(C)(C)C=O. The molecule has 3 heteroatoms. The zero-order valence-electron chi connectivity index (χ0n) is 5.30. The van der Waals surface area contributed by atoms with Gasteiger partial charge >= 0.3 is 0 Å². The van der Waals surface area contributed by atoms with E-state index in [0.29, 0.717) is 0 Å². The van der Waals surface area contributed by atoms with E-state index in [0.717, 1.165) is 6.29 Å². The maximum absolute atomic E-state index is 10.2. The number of hydrogen-bond acceptors (Lipinski definition) is 3. The fourth-order valence-corrected chi connectivity index (χ4v) is 2.11. The third-order valence-corrected chi connectivity index (χ3v) is 3.06. The normalized spacial score (nSPS) is 11.4. The van der Waals surface area contributed by atoms with Crippen LogP contribution in [0.4, 0.5) is 0 Å². The van der Waals surface area contributed by atoms with Gasteiger partial charge in [0, 0.05) is 0 Å². The lowest BCUT2D eigenvalue weighted by Gasteiger charge is -2.11. The van der Waals surface area contributed by atoms with Gasteiger partial charge in [-0.1, -0.05) is 21.6 Å². The van der Waals surface area contributed by atoms with Gasteiger partial charge in [-0.2, -0.15) is 0 Å².